The van der Waals surface area contributed by atoms with Crippen LogP contribution < -0.4 is 14.8 Å². The Kier molecular flexibility index (Phi) is 9.75. The van der Waals surface area contributed by atoms with Gasteiger partial charge in [0, 0.05) is 12.5 Å². The predicted octanol–water partition coefficient (Wildman–Crippen LogP) is 4.75. The maximum Gasteiger partial charge on any atom is 0.217 e. The third-order valence-electron chi connectivity index (χ3n) is 5.93. The van der Waals surface area contributed by atoms with Crippen molar-refractivity contribution in [2.75, 3.05) is 14.2 Å². The van der Waals surface area contributed by atoms with Gasteiger partial charge in [-0.15, -0.1) is 0 Å². The normalized spacial score (nSPS) is 12.7. The molecule has 0 saturated carbocycles. The number of allylic oxidation sites excluding steroid dienone is 2. The first-order valence-electron chi connectivity index (χ1n) is 11.9. The maximum atomic E-state index is 14.1. The van der Waals surface area contributed by atoms with Gasteiger partial charge in [0.2, 0.25) is 5.91 Å². The number of amides is 1. The zero-order valence-electron chi connectivity index (χ0n) is 21.9. The molecule has 0 spiro atoms. The molecule has 0 heterocycles. The summed E-state index contributed by atoms with van der Waals surface area (Å²) >= 11 is 0. The van der Waals surface area contributed by atoms with Crippen LogP contribution in [0.15, 0.2) is 66.7 Å². The molecular weight excluding hydrogens is 524 g/mol. The molecule has 8 nitrogen and oxygen atoms in total. The van der Waals surface area contributed by atoms with Crippen molar-refractivity contribution in [1.29, 1.82) is 0 Å². The number of para-hydroxylation sites is 1. The fourth-order valence-electron chi connectivity index (χ4n) is 3.95. The average molecular weight is 552 g/mol. The molecule has 3 rings (SSSR count). The number of aromatic hydroxyl groups is 2. The van der Waals surface area contributed by atoms with Crippen molar-refractivity contribution in [2.45, 2.75) is 13.0 Å². The van der Waals surface area contributed by atoms with Gasteiger partial charge in [0.15, 0.2) is 46.2 Å². The number of ether oxygens (including phenoxy) is 2. The van der Waals surface area contributed by atoms with Gasteiger partial charge in [-0.2, -0.15) is 0 Å². The molecule has 2 atom stereocenters. The van der Waals surface area contributed by atoms with Crippen molar-refractivity contribution < 1.29 is 42.9 Å². The molecule has 0 aliphatic carbocycles. The van der Waals surface area contributed by atoms with Crippen LogP contribution in [0, 0.1) is 17.6 Å². The molecule has 208 valence electrons. The van der Waals surface area contributed by atoms with Crippen LogP contribution >= 0.6 is 0 Å². The van der Waals surface area contributed by atoms with E-state index < -0.39 is 41.1 Å². The van der Waals surface area contributed by atoms with Crippen LogP contribution in [-0.2, 0) is 14.4 Å². The minimum absolute atomic E-state index is 0.0156. The number of hydrogen-bond donors (Lipinski definition) is 3. The third kappa shape index (κ3) is 7.10. The van der Waals surface area contributed by atoms with Gasteiger partial charge in [0.1, 0.15) is 5.92 Å². The Labute approximate surface area is 229 Å². The lowest BCUT2D eigenvalue weighted by Crippen LogP contribution is -2.39. The second-order valence-corrected chi connectivity index (χ2v) is 8.63. The van der Waals surface area contributed by atoms with Crippen molar-refractivity contribution in [1.82, 2.24) is 5.32 Å². The van der Waals surface area contributed by atoms with Gasteiger partial charge in [0.25, 0.3) is 0 Å². The van der Waals surface area contributed by atoms with E-state index >= 15 is 0 Å². The number of phenolic OH excluding ortho intramolecular Hbond substituents is 2. The highest BCUT2D eigenvalue weighted by molar-refractivity contribution is 6.14. The Morgan fingerprint density at radius 3 is 2.15 bits per heavy atom. The number of methoxy groups -OCH3 is 2. The summed E-state index contributed by atoms with van der Waals surface area (Å²) in [6.45, 7) is 1.15. The zero-order chi connectivity index (χ0) is 29.4. The van der Waals surface area contributed by atoms with Crippen LogP contribution in [0.5, 0.6) is 23.0 Å². The van der Waals surface area contributed by atoms with Crippen molar-refractivity contribution >= 4 is 29.6 Å². The second-order valence-electron chi connectivity index (χ2n) is 8.63. The Hall–Kier alpha value is -4.99. The van der Waals surface area contributed by atoms with E-state index in [1.807, 2.05) is 0 Å². The highest BCUT2D eigenvalue weighted by Crippen LogP contribution is 2.32. The molecule has 0 bridgehead atoms. The van der Waals surface area contributed by atoms with Gasteiger partial charge in [-0.1, -0.05) is 30.3 Å². The minimum Gasteiger partial charge on any atom is -0.504 e. The second kappa shape index (κ2) is 13.2. The molecule has 1 amide bonds. The maximum absolute atomic E-state index is 14.1. The number of carbonyl (C=O) groups is 3. The first-order valence-corrected chi connectivity index (χ1v) is 11.9. The van der Waals surface area contributed by atoms with E-state index in [1.54, 1.807) is 6.07 Å². The number of hydrogen-bond acceptors (Lipinski definition) is 7. The number of phenols is 2. The van der Waals surface area contributed by atoms with Crippen molar-refractivity contribution in [2.24, 2.45) is 5.92 Å². The summed E-state index contributed by atoms with van der Waals surface area (Å²) in [5, 5.41) is 22.7. The van der Waals surface area contributed by atoms with Crippen LogP contribution in [-0.4, -0.2) is 41.9 Å². The quantitative estimate of drug-likeness (QED) is 0.232. The first kappa shape index (κ1) is 29.6. The molecular formula is C30H27F2NO7. The summed E-state index contributed by atoms with van der Waals surface area (Å²) in [6.07, 6.45) is 4.78. The summed E-state index contributed by atoms with van der Waals surface area (Å²) < 4.78 is 37.9. The van der Waals surface area contributed by atoms with E-state index in [4.69, 9.17) is 9.47 Å². The molecule has 0 fully saturated rings. The molecule has 0 aromatic heterocycles. The highest BCUT2D eigenvalue weighted by atomic mass is 19.2. The Bertz CT molecular complexity index is 1480. The van der Waals surface area contributed by atoms with Crippen LogP contribution in [0.3, 0.4) is 0 Å². The lowest BCUT2D eigenvalue weighted by atomic mass is 9.85. The minimum atomic E-state index is -1.60. The number of benzene rings is 3. The van der Waals surface area contributed by atoms with Gasteiger partial charge in [-0.25, -0.2) is 8.78 Å². The molecule has 0 aliphatic rings. The highest BCUT2D eigenvalue weighted by Gasteiger charge is 2.34. The fourth-order valence-corrected chi connectivity index (χ4v) is 3.95. The van der Waals surface area contributed by atoms with Gasteiger partial charge in [-0.3, -0.25) is 14.4 Å². The SMILES string of the molecule is COc1cc(/C=C/C(=O)C(C(=O)/C=C/c2cccc(OC)c2O)C(NC(C)=O)c2ccc(F)c(F)c2)ccc1O. The van der Waals surface area contributed by atoms with Crippen molar-refractivity contribution in [3.05, 3.63) is 95.1 Å². The fraction of sp³-hybridized carbons (Fsp3) is 0.167. The monoisotopic (exact) mass is 551 g/mol. The molecule has 10 heteroatoms. The van der Waals surface area contributed by atoms with Gasteiger partial charge < -0.3 is 25.0 Å². The largest absolute Gasteiger partial charge is 0.504 e. The molecule has 2 unspecified atom stereocenters. The van der Waals surface area contributed by atoms with E-state index in [1.165, 1.54) is 62.8 Å². The summed E-state index contributed by atoms with van der Waals surface area (Å²) in [5.41, 5.74) is 0.655. The molecule has 3 aromatic carbocycles. The van der Waals surface area contributed by atoms with Crippen LogP contribution in [0.4, 0.5) is 8.78 Å². The smallest absolute Gasteiger partial charge is 0.217 e. The molecule has 40 heavy (non-hydrogen) atoms. The topological polar surface area (TPSA) is 122 Å². The standard InChI is InChI=1S/C30H27F2NO7/c1-17(34)33-29(20-9-11-21(31)22(32)16-20)28(24(36)13-8-18-7-12-23(35)27(15-18)40-3)25(37)14-10-19-5-4-6-26(39-2)30(19)38/h4-16,28-29,35,38H,1-3H3,(H,33,34)/b13-8+,14-10+. The van der Waals surface area contributed by atoms with Gasteiger partial charge in [0.05, 0.1) is 20.3 Å². The van der Waals surface area contributed by atoms with Crippen molar-refractivity contribution in [3.8, 4) is 23.0 Å². The zero-order valence-corrected chi connectivity index (χ0v) is 21.9. The number of carbonyl (C=O) groups excluding carboxylic acids is 3. The molecule has 0 saturated heterocycles. The summed E-state index contributed by atoms with van der Waals surface area (Å²) in [4.78, 5) is 39.1. The summed E-state index contributed by atoms with van der Waals surface area (Å²) in [7, 11) is 2.72. The number of halogens is 2. The molecule has 0 radical (unpaired) electrons. The van der Waals surface area contributed by atoms with Crippen LogP contribution in [0.2, 0.25) is 0 Å². The summed E-state index contributed by atoms with van der Waals surface area (Å²) in [5.74, 6) is -6.19. The average Bonchev–Trinajstić information content (AvgIpc) is 2.93. The Morgan fingerprint density at radius 2 is 1.52 bits per heavy atom. The lowest BCUT2D eigenvalue weighted by Gasteiger charge is -2.25. The lowest BCUT2D eigenvalue weighted by molar-refractivity contribution is -0.129. The first-order chi connectivity index (χ1) is 19.0. The van der Waals surface area contributed by atoms with Crippen molar-refractivity contribution in [3.63, 3.8) is 0 Å². The van der Waals surface area contributed by atoms with E-state index in [2.05, 4.69) is 5.32 Å². The van der Waals surface area contributed by atoms with Crippen LogP contribution in [0.1, 0.15) is 29.7 Å². The Balaban J connectivity index is 2.07. The van der Waals surface area contributed by atoms with E-state index in [0.29, 0.717) is 5.56 Å². The van der Waals surface area contributed by atoms with Crippen LogP contribution in [0.25, 0.3) is 12.2 Å². The molecule has 3 N–H and O–H groups in total. The number of ketones is 2. The summed E-state index contributed by atoms with van der Waals surface area (Å²) in [6, 6.07) is 10.4. The number of nitrogens with one attached hydrogen (secondary N) is 1. The van der Waals surface area contributed by atoms with Gasteiger partial charge >= 0.3 is 0 Å². The number of rotatable bonds is 11. The third-order valence-corrected chi connectivity index (χ3v) is 5.93. The predicted molar refractivity (Wildman–Crippen MR) is 144 cm³/mol. The van der Waals surface area contributed by atoms with E-state index in [-0.39, 0.29) is 34.1 Å². The van der Waals surface area contributed by atoms with Gasteiger partial charge in [-0.05, 0) is 59.7 Å². The molecule has 0 aliphatic heterocycles. The Morgan fingerprint density at radius 1 is 0.850 bits per heavy atom. The molecule has 3 aromatic rings. The van der Waals surface area contributed by atoms with E-state index in [0.717, 1.165) is 31.2 Å². The van der Waals surface area contributed by atoms with E-state index in [9.17, 15) is 33.4 Å².